The van der Waals surface area contributed by atoms with Gasteiger partial charge in [-0.05, 0) is 37.1 Å². The highest BCUT2D eigenvalue weighted by molar-refractivity contribution is 6.34. The number of carbonyl (C=O) groups excluding carboxylic acids is 2. The van der Waals surface area contributed by atoms with Crippen molar-refractivity contribution >= 4 is 35.2 Å². The number of aromatic amines is 1. The first-order valence-electron chi connectivity index (χ1n) is 12.3. The van der Waals surface area contributed by atoms with E-state index in [0.717, 1.165) is 33.8 Å². The minimum absolute atomic E-state index is 0.142. The second kappa shape index (κ2) is 10.2. The van der Waals surface area contributed by atoms with E-state index in [2.05, 4.69) is 20.6 Å². The third-order valence-electron chi connectivity index (χ3n) is 6.73. The Labute approximate surface area is 219 Å². The summed E-state index contributed by atoms with van der Waals surface area (Å²) in [5.41, 5.74) is 6.00. The van der Waals surface area contributed by atoms with Gasteiger partial charge in [-0.15, -0.1) is 0 Å². The molecule has 0 spiro atoms. The van der Waals surface area contributed by atoms with Gasteiger partial charge < -0.3 is 15.6 Å². The molecule has 192 valence electrons. The molecule has 0 saturated heterocycles. The fourth-order valence-electron chi connectivity index (χ4n) is 4.50. The third-order valence-corrected chi connectivity index (χ3v) is 6.73. The van der Waals surface area contributed by atoms with Crippen LogP contribution in [0, 0.1) is 13.8 Å². The molecular weight excluding hydrogens is 480 g/mol. The van der Waals surface area contributed by atoms with Gasteiger partial charge in [-0.25, -0.2) is 9.67 Å². The van der Waals surface area contributed by atoms with Crippen LogP contribution in [0.15, 0.2) is 65.7 Å². The second-order valence-corrected chi connectivity index (χ2v) is 9.17. The van der Waals surface area contributed by atoms with E-state index in [1.54, 1.807) is 41.8 Å². The van der Waals surface area contributed by atoms with Gasteiger partial charge >= 0.3 is 0 Å². The summed E-state index contributed by atoms with van der Waals surface area (Å²) in [6.07, 6.45) is 7.04. The van der Waals surface area contributed by atoms with Gasteiger partial charge in [-0.1, -0.05) is 54.6 Å². The van der Waals surface area contributed by atoms with Gasteiger partial charge in [0.1, 0.15) is 5.56 Å². The Hall–Kier alpha value is -4.92. The van der Waals surface area contributed by atoms with Gasteiger partial charge in [-0.3, -0.25) is 19.1 Å². The highest BCUT2D eigenvalue weighted by atomic mass is 16.2. The van der Waals surface area contributed by atoms with Gasteiger partial charge in [0, 0.05) is 36.2 Å². The zero-order valence-electron chi connectivity index (χ0n) is 21.4. The molecule has 3 N–H and O–H groups in total. The number of anilines is 1. The van der Waals surface area contributed by atoms with E-state index < -0.39 is 5.91 Å². The Bertz CT molecular complexity index is 1650. The monoisotopic (exact) mass is 508 g/mol. The number of aryl methyl sites for hydroxylation is 1. The van der Waals surface area contributed by atoms with Gasteiger partial charge in [-0.2, -0.15) is 0 Å². The van der Waals surface area contributed by atoms with Crippen molar-refractivity contribution in [1.82, 2.24) is 24.6 Å². The number of nitrogens with one attached hydrogen (secondary N) is 3. The van der Waals surface area contributed by atoms with Crippen LogP contribution in [0.25, 0.3) is 17.7 Å². The number of fused-ring (bicyclic) bond motifs is 1. The first-order valence-corrected chi connectivity index (χ1v) is 12.3. The fraction of sp³-hybridized carbons (Fsp3) is 0.172. The van der Waals surface area contributed by atoms with Crippen molar-refractivity contribution in [2.45, 2.75) is 20.4 Å². The van der Waals surface area contributed by atoms with Crippen molar-refractivity contribution in [1.29, 1.82) is 0 Å². The minimum Gasteiger partial charge on any atom is -0.348 e. The number of aromatic nitrogens is 4. The normalized spacial score (nSPS) is 13.8. The lowest BCUT2D eigenvalue weighted by molar-refractivity contribution is -0.110. The Balaban J connectivity index is 1.25. The van der Waals surface area contributed by atoms with Gasteiger partial charge in [0.2, 0.25) is 0 Å². The molecule has 4 aromatic rings. The maximum atomic E-state index is 13.0. The SMILES string of the molecule is Cc1[nH]cnc1C=C1C(=O)Nc2cc(C=CCNC(=O)c3c(C)n(C)n(Cc4ccccc4)c3=O)ccc21. The van der Waals surface area contributed by atoms with Crippen LogP contribution in [-0.4, -0.2) is 37.7 Å². The number of hydrogen-bond donors (Lipinski definition) is 3. The van der Waals surface area contributed by atoms with Crippen LogP contribution in [0.2, 0.25) is 0 Å². The van der Waals surface area contributed by atoms with E-state index in [1.165, 1.54) is 0 Å². The molecule has 9 nitrogen and oxygen atoms in total. The number of carbonyl (C=O) groups is 2. The highest BCUT2D eigenvalue weighted by Gasteiger charge is 2.25. The lowest BCUT2D eigenvalue weighted by Gasteiger charge is -2.08. The number of amides is 2. The largest absolute Gasteiger partial charge is 0.348 e. The zero-order chi connectivity index (χ0) is 26.8. The first-order chi connectivity index (χ1) is 18.3. The van der Waals surface area contributed by atoms with E-state index in [0.29, 0.717) is 17.8 Å². The Morgan fingerprint density at radius 3 is 2.63 bits per heavy atom. The summed E-state index contributed by atoms with van der Waals surface area (Å²) in [6, 6.07) is 15.3. The molecule has 0 aliphatic carbocycles. The summed E-state index contributed by atoms with van der Waals surface area (Å²) in [5.74, 6) is -0.587. The lowest BCUT2D eigenvalue weighted by Crippen LogP contribution is -2.30. The molecule has 1 aliphatic rings. The van der Waals surface area contributed by atoms with Crippen LogP contribution in [0.4, 0.5) is 5.69 Å². The zero-order valence-corrected chi connectivity index (χ0v) is 21.4. The van der Waals surface area contributed by atoms with Crippen molar-refractivity contribution in [2.75, 3.05) is 11.9 Å². The Kier molecular flexibility index (Phi) is 6.66. The number of imidazole rings is 1. The molecule has 0 unspecified atom stereocenters. The summed E-state index contributed by atoms with van der Waals surface area (Å²) in [4.78, 5) is 45.7. The van der Waals surface area contributed by atoms with Crippen LogP contribution < -0.4 is 16.2 Å². The van der Waals surface area contributed by atoms with Crippen LogP contribution in [0.5, 0.6) is 0 Å². The van der Waals surface area contributed by atoms with E-state index in [4.69, 9.17) is 0 Å². The van der Waals surface area contributed by atoms with Gasteiger partial charge in [0.05, 0.1) is 24.1 Å². The first kappa shape index (κ1) is 24.8. The maximum Gasteiger partial charge on any atom is 0.280 e. The molecule has 0 saturated carbocycles. The molecule has 0 bridgehead atoms. The van der Waals surface area contributed by atoms with Crippen molar-refractivity contribution < 1.29 is 9.59 Å². The van der Waals surface area contributed by atoms with Crippen molar-refractivity contribution in [3.05, 3.63) is 111 Å². The summed E-state index contributed by atoms with van der Waals surface area (Å²) in [7, 11) is 1.78. The average Bonchev–Trinajstić information content (AvgIpc) is 3.52. The highest BCUT2D eigenvalue weighted by Crippen LogP contribution is 2.34. The fourth-order valence-corrected chi connectivity index (χ4v) is 4.50. The summed E-state index contributed by atoms with van der Waals surface area (Å²) >= 11 is 0. The number of hydrogen-bond acceptors (Lipinski definition) is 4. The molecule has 2 aromatic heterocycles. The smallest absolute Gasteiger partial charge is 0.280 e. The molecule has 2 aromatic carbocycles. The maximum absolute atomic E-state index is 13.0. The number of H-pyrrole nitrogens is 1. The standard InChI is InChI=1S/C29H28N6O3/c1-18-24(32-17-31-18)15-23-22-12-11-20(14-25(22)33-27(23)36)10-7-13-30-28(37)26-19(2)34(3)35(29(26)38)16-21-8-5-4-6-9-21/h4-12,14-15,17H,13,16H2,1-3H3,(H,30,37)(H,31,32)(H,33,36). The van der Waals surface area contributed by atoms with Crippen LogP contribution in [-0.2, 0) is 18.4 Å². The third kappa shape index (κ3) is 4.73. The van der Waals surface area contributed by atoms with Crippen molar-refractivity contribution in [3.8, 4) is 0 Å². The molecule has 5 rings (SSSR count). The molecule has 0 fully saturated rings. The molecule has 38 heavy (non-hydrogen) atoms. The molecule has 3 heterocycles. The van der Waals surface area contributed by atoms with Crippen LogP contribution in [0.3, 0.4) is 0 Å². The quantitative estimate of drug-likeness (QED) is 0.332. The van der Waals surface area contributed by atoms with E-state index in [9.17, 15) is 14.4 Å². The predicted molar refractivity (Wildman–Crippen MR) is 148 cm³/mol. The van der Waals surface area contributed by atoms with Crippen LogP contribution >= 0.6 is 0 Å². The second-order valence-electron chi connectivity index (χ2n) is 9.17. The molecular formula is C29H28N6O3. The van der Waals surface area contributed by atoms with E-state index in [-0.39, 0.29) is 23.6 Å². The van der Waals surface area contributed by atoms with E-state index in [1.807, 2.05) is 61.5 Å². The van der Waals surface area contributed by atoms with Crippen LogP contribution in [0.1, 0.15) is 44.1 Å². The number of benzene rings is 2. The molecule has 9 heteroatoms. The number of rotatable bonds is 7. The summed E-state index contributed by atoms with van der Waals surface area (Å²) < 4.78 is 3.28. The van der Waals surface area contributed by atoms with E-state index >= 15 is 0 Å². The molecule has 0 atom stereocenters. The number of nitrogens with zero attached hydrogens (tertiary/aromatic N) is 3. The minimum atomic E-state index is -0.413. The molecule has 2 amide bonds. The molecule has 1 aliphatic heterocycles. The van der Waals surface area contributed by atoms with Crippen molar-refractivity contribution in [3.63, 3.8) is 0 Å². The van der Waals surface area contributed by atoms with Gasteiger partial charge in [0.15, 0.2) is 0 Å². The van der Waals surface area contributed by atoms with Gasteiger partial charge in [0.25, 0.3) is 17.4 Å². The Morgan fingerprint density at radius 1 is 1.11 bits per heavy atom. The topological polar surface area (TPSA) is 114 Å². The lowest BCUT2D eigenvalue weighted by atomic mass is 10.0. The Morgan fingerprint density at radius 2 is 1.89 bits per heavy atom. The summed E-state index contributed by atoms with van der Waals surface area (Å²) in [5, 5.41) is 5.71. The van der Waals surface area contributed by atoms with Crippen molar-refractivity contribution in [2.24, 2.45) is 7.05 Å². The molecule has 0 radical (unpaired) electrons. The average molecular weight is 509 g/mol. The predicted octanol–water partition coefficient (Wildman–Crippen LogP) is 3.51. The summed E-state index contributed by atoms with van der Waals surface area (Å²) in [6.45, 7) is 4.30.